The molecule has 0 saturated carbocycles. The van der Waals surface area contributed by atoms with Crippen LogP contribution in [0.3, 0.4) is 0 Å². The number of rotatable bonds is 9. The van der Waals surface area contributed by atoms with Gasteiger partial charge in [-0.1, -0.05) is 24.3 Å². The number of benzene rings is 1. The van der Waals surface area contributed by atoms with Crippen LogP contribution < -0.4 is 11.1 Å². The molecular formula is C16H27N3O2. The lowest BCUT2D eigenvalue weighted by molar-refractivity contribution is -0.122. The minimum absolute atomic E-state index is 0.106. The number of nitrogens with two attached hydrogens (primary N) is 1. The molecule has 1 aromatic carbocycles. The highest BCUT2D eigenvalue weighted by Crippen LogP contribution is 2.10. The molecule has 0 aromatic heterocycles. The van der Waals surface area contributed by atoms with Gasteiger partial charge in [-0.25, -0.2) is 0 Å². The number of ether oxygens (including phenoxy) is 1. The number of methoxy groups -OCH3 is 1. The number of amides is 1. The summed E-state index contributed by atoms with van der Waals surface area (Å²) in [6, 6.07) is 7.65. The van der Waals surface area contributed by atoms with Gasteiger partial charge in [-0.3, -0.25) is 4.79 Å². The van der Waals surface area contributed by atoms with E-state index in [9.17, 15) is 4.79 Å². The Morgan fingerprint density at radius 3 is 2.62 bits per heavy atom. The van der Waals surface area contributed by atoms with E-state index < -0.39 is 6.04 Å². The largest absolute Gasteiger partial charge is 0.385 e. The SMILES string of the molecule is COCCCC(N)C(=O)NCc1ccccc1CN(C)C. The Bertz CT molecular complexity index is 435. The minimum atomic E-state index is -0.471. The molecule has 0 aliphatic rings. The fourth-order valence-corrected chi connectivity index (χ4v) is 2.12. The molecule has 1 rings (SSSR count). The average molecular weight is 293 g/mol. The number of hydrogen-bond donors (Lipinski definition) is 2. The van der Waals surface area contributed by atoms with E-state index in [4.69, 9.17) is 10.5 Å². The average Bonchev–Trinajstić information content (AvgIpc) is 2.45. The smallest absolute Gasteiger partial charge is 0.237 e. The summed E-state index contributed by atoms with van der Waals surface area (Å²) in [6.45, 7) is 2.00. The van der Waals surface area contributed by atoms with Crippen LogP contribution in [0.2, 0.25) is 0 Å². The summed E-state index contributed by atoms with van der Waals surface area (Å²) in [6.07, 6.45) is 1.43. The van der Waals surface area contributed by atoms with Crippen LogP contribution in [-0.2, 0) is 22.6 Å². The van der Waals surface area contributed by atoms with E-state index in [1.54, 1.807) is 7.11 Å². The summed E-state index contributed by atoms with van der Waals surface area (Å²) < 4.78 is 4.96. The number of nitrogens with one attached hydrogen (secondary N) is 1. The molecule has 5 nitrogen and oxygen atoms in total. The molecule has 0 fully saturated rings. The van der Waals surface area contributed by atoms with E-state index in [2.05, 4.69) is 16.3 Å². The Balaban J connectivity index is 2.49. The van der Waals surface area contributed by atoms with Crippen LogP contribution in [0.4, 0.5) is 0 Å². The third kappa shape index (κ3) is 6.71. The number of carbonyl (C=O) groups is 1. The van der Waals surface area contributed by atoms with Crippen molar-refractivity contribution >= 4 is 5.91 Å². The topological polar surface area (TPSA) is 67.6 Å². The first kappa shape index (κ1) is 17.6. The van der Waals surface area contributed by atoms with E-state index in [-0.39, 0.29) is 5.91 Å². The Morgan fingerprint density at radius 1 is 1.33 bits per heavy atom. The number of carbonyl (C=O) groups excluding carboxylic acids is 1. The van der Waals surface area contributed by atoms with Crippen LogP contribution in [0.1, 0.15) is 24.0 Å². The molecule has 0 heterocycles. The Hall–Kier alpha value is -1.43. The van der Waals surface area contributed by atoms with Gasteiger partial charge in [-0.15, -0.1) is 0 Å². The summed E-state index contributed by atoms with van der Waals surface area (Å²) in [5.41, 5.74) is 8.21. The maximum absolute atomic E-state index is 12.0. The van der Waals surface area contributed by atoms with Crippen molar-refractivity contribution in [2.75, 3.05) is 27.8 Å². The van der Waals surface area contributed by atoms with E-state index in [0.29, 0.717) is 19.6 Å². The molecule has 118 valence electrons. The van der Waals surface area contributed by atoms with Gasteiger partial charge in [0.1, 0.15) is 0 Å². The first-order valence-electron chi connectivity index (χ1n) is 7.28. The van der Waals surface area contributed by atoms with Crippen LogP contribution in [0.15, 0.2) is 24.3 Å². The van der Waals surface area contributed by atoms with Gasteiger partial charge in [0.25, 0.3) is 0 Å². The molecule has 1 aromatic rings. The first-order valence-corrected chi connectivity index (χ1v) is 7.28. The molecule has 21 heavy (non-hydrogen) atoms. The van der Waals surface area contributed by atoms with Crippen LogP contribution >= 0.6 is 0 Å². The molecular weight excluding hydrogens is 266 g/mol. The molecule has 1 atom stereocenters. The molecule has 0 saturated heterocycles. The summed E-state index contributed by atoms with van der Waals surface area (Å²) in [5, 5.41) is 2.92. The number of nitrogens with zero attached hydrogens (tertiary/aromatic N) is 1. The third-order valence-electron chi connectivity index (χ3n) is 3.26. The second-order valence-electron chi connectivity index (χ2n) is 5.47. The van der Waals surface area contributed by atoms with Gasteiger partial charge in [-0.2, -0.15) is 0 Å². The van der Waals surface area contributed by atoms with E-state index >= 15 is 0 Å². The zero-order chi connectivity index (χ0) is 15.7. The Kier molecular flexibility index (Phi) is 7.97. The molecule has 0 bridgehead atoms. The lowest BCUT2D eigenvalue weighted by atomic mass is 10.1. The van der Waals surface area contributed by atoms with Crippen molar-refractivity contribution in [1.29, 1.82) is 0 Å². The highest BCUT2D eigenvalue weighted by molar-refractivity contribution is 5.81. The number of hydrogen-bond acceptors (Lipinski definition) is 4. The molecule has 5 heteroatoms. The normalized spacial score (nSPS) is 12.4. The molecule has 1 amide bonds. The van der Waals surface area contributed by atoms with Crippen molar-refractivity contribution in [3.63, 3.8) is 0 Å². The van der Waals surface area contributed by atoms with Gasteiger partial charge in [0.15, 0.2) is 0 Å². The first-order chi connectivity index (χ1) is 10.0. The van der Waals surface area contributed by atoms with Crippen LogP contribution in [0, 0.1) is 0 Å². The van der Waals surface area contributed by atoms with Crippen molar-refractivity contribution in [3.05, 3.63) is 35.4 Å². The van der Waals surface area contributed by atoms with Gasteiger partial charge in [-0.05, 0) is 38.1 Å². The van der Waals surface area contributed by atoms with Gasteiger partial charge < -0.3 is 20.7 Å². The minimum Gasteiger partial charge on any atom is -0.385 e. The quantitative estimate of drug-likeness (QED) is 0.670. The van der Waals surface area contributed by atoms with E-state index in [1.807, 2.05) is 32.3 Å². The fourth-order valence-electron chi connectivity index (χ4n) is 2.12. The van der Waals surface area contributed by atoms with Gasteiger partial charge in [0.05, 0.1) is 6.04 Å². The predicted molar refractivity (Wildman–Crippen MR) is 84.8 cm³/mol. The van der Waals surface area contributed by atoms with Crippen molar-refractivity contribution < 1.29 is 9.53 Å². The Labute approximate surface area is 127 Å². The van der Waals surface area contributed by atoms with Crippen LogP contribution in [-0.4, -0.2) is 44.7 Å². The molecule has 0 radical (unpaired) electrons. The molecule has 1 unspecified atom stereocenters. The molecule has 0 aliphatic carbocycles. The summed E-state index contributed by atoms with van der Waals surface area (Å²) >= 11 is 0. The van der Waals surface area contributed by atoms with Crippen molar-refractivity contribution in [1.82, 2.24) is 10.2 Å². The molecule has 3 N–H and O–H groups in total. The van der Waals surface area contributed by atoms with Gasteiger partial charge in [0.2, 0.25) is 5.91 Å². The molecule has 0 spiro atoms. The Morgan fingerprint density at radius 2 is 2.00 bits per heavy atom. The van der Waals surface area contributed by atoms with Gasteiger partial charge >= 0.3 is 0 Å². The monoisotopic (exact) mass is 293 g/mol. The highest BCUT2D eigenvalue weighted by Gasteiger charge is 2.13. The second-order valence-corrected chi connectivity index (χ2v) is 5.47. The van der Waals surface area contributed by atoms with E-state index in [1.165, 1.54) is 5.56 Å². The summed E-state index contributed by atoms with van der Waals surface area (Å²) in [4.78, 5) is 14.1. The summed E-state index contributed by atoms with van der Waals surface area (Å²) in [5.74, 6) is -0.106. The zero-order valence-corrected chi connectivity index (χ0v) is 13.3. The maximum atomic E-state index is 12.0. The van der Waals surface area contributed by atoms with Crippen LogP contribution in [0.5, 0.6) is 0 Å². The van der Waals surface area contributed by atoms with Crippen molar-refractivity contribution in [3.8, 4) is 0 Å². The van der Waals surface area contributed by atoms with E-state index in [0.717, 1.165) is 18.5 Å². The molecule has 0 aliphatic heterocycles. The standard InChI is InChI=1S/C16H27N3O2/c1-19(2)12-14-8-5-4-7-13(14)11-18-16(20)15(17)9-6-10-21-3/h4-5,7-8,15H,6,9-12,17H2,1-3H3,(H,18,20). The fraction of sp³-hybridized carbons (Fsp3) is 0.562. The lowest BCUT2D eigenvalue weighted by Gasteiger charge is -2.16. The second kappa shape index (κ2) is 9.50. The van der Waals surface area contributed by atoms with Crippen molar-refractivity contribution in [2.24, 2.45) is 5.73 Å². The van der Waals surface area contributed by atoms with Crippen LogP contribution in [0.25, 0.3) is 0 Å². The third-order valence-corrected chi connectivity index (χ3v) is 3.26. The predicted octanol–water partition coefficient (Wildman–Crippen LogP) is 1.12. The summed E-state index contributed by atoms with van der Waals surface area (Å²) in [7, 11) is 5.70. The van der Waals surface area contributed by atoms with Crippen molar-refractivity contribution in [2.45, 2.75) is 32.0 Å². The highest BCUT2D eigenvalue weighted by atomic mass is 16.5. The van der Waals surface area contributed by atoms with Gasteiger partial charge in [0, 0.05) is 26.8 Å². The maximum Gasteiger partial charge on any atom is 0.237 e. The zero-order valence-electron chi connectivity index (χ0n) is 13.3. The lowest BCUT2D eigenvalue weighted by Crippen LogP contribution is -2.40.